The van der Waals surface area contributed by atoms with Crippen LogP contribution in [-0.2, 0) is 0 Å². The third-order valence-electron chi connectivity index (χ3n) is 2.59. The lowest BCUT2D eigenvalue weighted by Crippen LogP contribution is -2.24. The molecule has 0 aliphatic carbocycles. The van der Waals surface area contributed by atoms with E-state index >= 15 is 0 Å². The number of hydrogen-bond donors (Lipinski definition) is 0. The molecule has 1 unspecified atom stereocenters. The molecule has 0 saturated carbocycles. The molecule has 0 amide bonds. The van der Waals surface area contributed by atoms with E-state index in [1.54, 1.807) is 20.8 Å². The average Bonchev–Trinajstić information content (AvgIpc) is 1.93. The zero-order chi connectivity index (χ0) is 16.1. The number of rotatable bonds is 3. The van der Waals surface area contributed by atoms with E-state index in [0.29, 0.717) is 19.3 Å². The van der Waals surface area contributed by atoms with Crippen molar-refractivity contribution in [3.63, 3.8) is 0 Å². The van der Waals surface area contributed by atoms with Gasteiger partial charge in [0.15, 0.2) is 0 Å². The van der Waals surface area contributed by atoms with Crippen molar-refractivity contribution in [1.82, 2.24) is 0 Å². The summed E-state index contributed by atoms with van der Waals surface area (Å²) in [6.07, 6.45) is 1.89. The van der Waals surface area contributed by atoms with Gasteiger partial charge in [-0.05, 0) is 50.9 Å². The van der Waals surface area contributed by atoms with Crippen molar-refractivity contribution in [3.8, 4) is 0 Å². The van der Waals surface area contributed by atoms with Gasteiger partial charge in [0.25, 0.3) is 0 Å². The Hall–Kier alpha value is -0.140. The molecule has 0 nitrogen and oxygen atoms in total. The van der Waals surface area contributed by atoms with Gasteiger partial charge in [0.2, 0.25) is 0 Å². The molecule has 2 heteroatoms. The fourth-order valence-corrected chi connectivity index (χ4v) is 2.49. The lowest BCUT2D eigenvalue weighted by atomic mass is 9.83. The van der Waals surface area contributed by atoms with E-state index in [-0.39, 0.29) is 18.3 Å². The monoisotopic (exact) mass is 294 g/mol. The summed E-state index contributed by atoms with van der Waals surface area (Å²) in [4.78, 5) is 0. The summed E-state index contributed by atoms with van der Waals surface area (Å²) < 4.78 is 26.2. The molecule has 0 aliphatic heterocycles. The quantitative estimate of drug-likeness (QED) is 0.509. The van der Waals surface area contributed by atoms with E-state index in [0.717, 1.165) is 0 Å². The Morgan fingerprint density at radius 2 is 0.950 bits per heavy atom. The molecule has 0 bridgehead atoms. The van der Waals surface area contributed by atoms with Gasteiger partial charge in [-0.15, -0.1) is 0 Å². The molecule has 0 N–H and O–H groups in total. The Balaban J connectivity index is -0.000000277. The van der Waals surface area contributed by atoms with Crippen LogP contribution in [0.5, 0.6) is 0 Å². The third kappa shape index (κ3) is 23.0. The van der Waals surface area contributed by atoms with Crippen molar-refractivity contribution in [3.05, 3.63) is 0 Å². The molecule has 126 valence electrons. The molecule has 0 fully saturated rings. The molecule has 0 aromatic carbocycles. The first-order chi connectivity index (χ1) is 7.97. The van der Waals surface area contributed by atoms with Gasteiger partial charge in [-0.25, -0.2) is 8.78 Å². The van der Waals surface area contributed by atoms with Gasteiger partial charge in [-0.2, -0.15) is 0 Å². The molecule has 0 aromatic heterocycles. The minimum Gasteiger partial charge on any atom is -0.244 e. The van der Waals surface area contributed by atoms with Crippen LogP contribution >= 0.6 is 0 Å². The summed E-state index contributed by atoms with van der Waals surface area (Å²) in [7, 11) is 0. The molecule has 0 saturated heterocycles. The van der Waals surface area contributed by atoms with Crippen LogP contribution in [0.2, 0.25) is 0 Å². The Morgan fingerprint density at radius 3 is 1.00 bits per heavy atom. The highest BCUT2D eigenvalue weighted by Crippen LogP contribution is 2.31. The van der Waals surface area contributed by atoms with Crippen LogP contribution < -0.4 is 0 Å². The van der Waals surface area contributed by atoms with Crippen molar-refractivity contribution in [2.24, 2.45) is 10.8 Å². The van der Waals surface area contributed by atoms with Crippen molar-refractivity contribution in [2.45, 2.75) is 107 Å². The second-order valence-electron chi connectivity index (χ2n) is 8.96. The highest BCUT2D eigenvalue weighted by molar-refractivity contribution is 4.78. The first-order valence-corrected chi connectivity index (χ1v) is 7.35. The second kappa shape index (κ2) is 8.34. The second-order valence-corrected chi connectivity index (χ2v) is 8.96. The maximum atomic E-state index is 13.3. The molecule has 0 aromatic rings. The van der Waals surface area contributed by atoms with Gasteiger partial charge >= 0.3 is 0 Å². The maximum Gasteiger partial charge on any atom is 0.108 e. The predicted molar refractivity (Wildman–Crippen MR) is 89.9 cm³/mol. The van der Waals surface area contributed by atoms with E-state index in [2.05, 4.69) is 20.8 Å². The number of alkyl halides is 2. The Kier molecular flexibility index (Phi) is 10.4. The zero-order valence-corrected chi connectivity index (χ0v) is 14.9. The number of halogens is 2. The summed E-state index contributed by atoms with van der Waals surface area (Å²) in [5, 5.41) is 0. The van der Waals surface area contributed by atoms with Gasteiger partial charge in [0, 0.05) is 0 Å². The van der Waals surface area contributed by atoms with E-state index in [1.807, 2.05) is 27.7 Å². The van der Waals surface area contributed by atoms with Crippen molar-refractivity contribution in [1.29, 1.82) is 0 Å². The normalized spacial score (nSPS) is 15.6. The van der Waals surface area contributed by atoms with E-state index < -0.39 is 11.3 Å². The third-order valence-corrected chi connectivity index (χ3v) is 2.59. The van der Waals surface area contributed by atoms with Crippen molar-refractivity contribution >= 4 is 0 Å². The lowest BCUT2D eigenvalue weighted by molar-refractivity contribution is 0.114. The standard InChI is InChI=1S/C9H19F.C8H17F.CH4/c1-6-9(5,10)7-8(2,3)4;1-7(2,3)6-8(4,5)9;/h6-7H2,1-5H3;6H2,1-5H3;1H4. The van der Waals surface area contributed by atoms with Crippen LogP contribution in [0.25, 0.3) is 0 Å². The van der Waals surface area contributed by atoms with Crippen LogP contribution in [-0.4, -0.2) is 11.3 Å². The van der Waals surface area contributed by atoms with Crippen LogP contribution in [0.15, 0.2) is 0 Å². The zero-order valence-electron chi connectivity index (χ0n) is 14.9. The van der Waals surface area contributed by atoms with E-state index in [4.69, 9.17) is 0 Å². The van der Waals surface area contributed by atoms with Crippen molar-refractivity contribution < 1.29 is 8.78 Å². The molecule has 0 rings (SSSR count). The van der Waals surface area contributed by atoms with Gasteiger partial charge in [0.05, 0.1) is 0 Å². The molecule has 1 atom stereocenters. The van der Waals surface area contributed by atoms with Crippen LogP contribution in [0.4, 0.5) is 8.78 Å². The smallest absolute Gasteiger partial charge is 0.108 e. The van der Waals surface area contributed by atoms with E-state index in [1.165, 1.54) is 0 Å². The van der Waals surface area contributed by atoms with Gasteiger partial charge in [-0.3, -0.25) is 0 Å². The Bertz CT molecular complexity index is 222. The topological polar surface area (TPSA) is 0 Å². The minimum atomic E-state index is -1.02. The summed E-state index contributed by atoms with van der Waals surface area (Å²) >= 11 is 0. The molecule has 0 spiro atoms. The largest absolute Gasteiger partial charge is 0.244 e. The predicted octanol–water partition coefficient (Wildman–Crippen LogP) is 7.37. The van der Waals surface area contributed by atoms with Crippen LogP contribution in [0, 0.1) is 10.8 Å². The summed E-state index contributed by atoms with van der Waals surface area (Å²) in [5.74, 6) is 0. The highest BCUT2D eigenvalue weighted by Gasteiger charge is 2.27. The fraction of sp³-hybridized carbons (Fsp3) is 1.00. The van der Waals surface area contributed by atoms with E-state index in [9.17, 15) is 8.78 Å². The van der Waals surface area contributed by atoms with Gasteiger partial charge in [0.1, 0.15) is 11.3 Å². The molecule has 0 aliphatic rings. The Labute approximate surface area is 127 Å². The summed E-state index contributed by atoms with van der Waals surface area (Å²) in [6.45, 7) is 19.2. The highest BCUT2D eigenvalue weighted by atomic mass is 19.1. The summed E-state index contributed by atoms with van der Waals surface area (Å²) in [6, 6.07) is 0. The molecule has 0 heterocycles. The minimum absolute atomic E-state index is 0. The maximum absolute atomic E-state index is 13.3. The molecule has 0 radical (unpaired) electrons. The van der Waals surface area contributed by atoms with Crippen LogP contribution in [0.1, 0.15) is 95.9 Å². The first kappa shape index (κ1) is 24.9. The number of hydrogen-bond acceptors (Lipinski definition) is 0. The molecular weight excluding hydrogens is 254 g/mol. The first-order valence-electron chi connectivity index (χ1n) is 7.35. The van der Waals surface area contributed by atoms with Crippen LogP contribution in [0.3, 0.4) is 0 Å². The average molecular weight is 295 g/mol. The summed E-state index contributed by atoms with van der Waals surface area (Å²) in [5.41, 5.74) is -1.77. The van der Waals surface area contributed by atoms with Gasteiger partial charge in [-0.1, -0.05) is 55.9 Å². The molecule has 20 heavy (non-hydrogen) atoms. The van der Waals surface area contributed by atoms with Crippen molar-refractivity contribution in [2.75, 3.05) is 0 Å². The molecular formula is C18H40F2. The Morgan fingerprint density at radius 1 is 0.650 bits per heavy atom. The SMILES string of the molecule is C.CC(C)(C)CC(C)(C)F.CCC(C)(F)CC(C)(C)C. The fourth-order valence-electron chi connectivity index (χ4n) is 2.49. The lowest BCUT2D eigenvalue weighted by Gasteiger charge is -2.27. The van der Waals surface area contributed by atoms with Gasteiger partial charge < -0.3 is 0 Å².